The molecule has 1 rings (SSSR count). The van der Waals surface area contributed by atoms with Crippen LogP contribution >= 0.6 is 11.6 Å². The number of nitrogens with one attached hydrogen (secondary N) is 2. The molecule has 0 spiro atoms. The van der Waals surface area contributed by atoms with Crippen LogP contribution in [-0.2, 0) is 0 Å². The molecule has 0 fully saturated rings. The predicted molar refractivity (Wildman–Crippen MR) is 65.8 cm³/mol. The molecule has 7 heteroatoms. The summed E-state index contributed by atoms with van der Waals surface area (Å²) in [6.07, 6.45) is 0. The second-order valence-electron chi connectivity index (χ2n) is 3.28. The SMILES string of the molecule is NC(=O)NCCNC(=O)c1cc(Cl)ccc1N. The number of rotatable bonds is 4. The van der Waals surface area contributed by atoms with E-state index < -0.39 is 6.03 Å². The zero-order valence-corrected chi connectivity index (χ0v) is 9.75. The minimum Gasteiger partial charge on any atom is -0.398 e. The van der Waals surface area contributed by atoms with E-state index in [1.807, 2.05) is 0 Å². The van der Waals surface area contributed by atoms with Gasteiger partial charge in [0.2, 0.25) is 0 Å². The minimum absolute atomic E-state index is 0.252. The molecule has 0 radical (unpaired) electrons. The summed E-state index contributed by atoms with van der Waals surface area (Å²) in [4.78, 5) is 22.0. The molecule has 6 N–H and O–H groups in total. The Morgan fingerprint density at radius 1 is 1.24 bits per heavy atom. The van der Waals surface area contributed by atoms with Crippen molar-refractivity contribution in [3.63, 3.8) is 0 Å². The first-order valence-electron chi connectivity index (χ1n) is 4.87. The van der Waals surface area contributed by atoms with Crippen molar-refractivity contribution in [2.75, 3.05) is 18.8 Å². The highest BCUT2D eigenvalue weighted by molar-refractivity contribution is 6.31. The summed E-state index contributed by atoms with van der Waals surface area (Å²) < 4.78 is 0. The first-order valence-corrected chi connectivity index (χ1v) is 5.25. The number of hydrogen-bond acceptors (Lipinski definition) is 3. The monoisotopic (exact) mass is 256 g/mol. The molecule has 17 heavy (non-hydrogen) atoms. The quantitative estimate of drug-likeness (QED) is 0.460. The van der Waals surface area contributed by atoms with Crippen LogP contribution in [0.5, 0.6) is 0 Å². The highest BCUT2D eigenvalue weighted by Crippen LogP contribution is 2.17. The third-order valence-electron chi connectivity index (χ3n) is 1.97. The van der Waals surface area contributed by atoms with Gasteiger partial charge in [0.1, 0.15) is 0 Å². The number of hydrogen-bond donors (Lipinski definition) is 4. The Labute approximate surface area is 103 Å². The Kier molecular flexibility index (Phi) is 4.59. The third-order valence-corrected chi connectivity index (χ3v) is 2.20. The molecule has 0 saturated heterocycles. The van der Waals surface area contributed by atoms with Gasteiger partial charge < -0.3 is 22.1 Å². The van der Waals surface area contributed by atoms with Gasteiger partial charge in [-0.1, -0.05) is 11.6 Å². The Balaban J connectivity index is 2.52. The first kappa shape index (κ1) is 13.1. The van der Waals surface area contributed by atoms with Crippen LogP contribution in [0.2, 0.25) is 5.02 Å². The van der Waals surface area contributed by atoms with Gasteiger partial charge in [-0.15, -0.1) is 0 Å². The van der Waals surface area contributed by atoms with Gasteiger partial charge in [-0.2, -0.15) is 0 Å². The maximum Gasteiger partial charge on any atom is 0.312 e. The summed E-state index contributed by atoms with van der Waals surface area (Å²) in [5, 5.41) is 5.35. The summed E-state index contributed by atoms with van der Waals surface area (Å²) in [5.41, 5.74) is 11.1. The highest BCUT2D eigenvalue weighted by atomic mass is 35.5. The molecule has 0 saturated carbocycles. The molecule has 92 valence electrons. The Hall–Kier alpha value is -1.95. The molecule has 1 aromatic carbocycles. The zero-order chi connectivity index (χ0) is 12.8. The molecular weight excluding hydrogens is 244 g/mol. The van der Waals surface area contributed by atoms with Crippen molar-refractivity contribution in [3.05, 3.63) is 28.8 Å². The van der Waals surface area contributed by atoms with Crippen LogP contribution in [0.25, 0.3) is 0 Å². The molecule has 0 bridgehead atoms. The van der Waals surface area contributed by atoms with E-state index in [9.17, 15) is 9.59 Å². The van der Waals surface area contributed by atoms with Crippen molar-refractivity contribution in [3.8, 4) is 0 Å². The number of urea groups is 1. The summed E-state index contributed by atoms with van der Waals surface area (Å²) in [6.45, 7) is 0.509. The molecule has 0 atom stereocenters. The Morgan fingerprint density at radius 2 is 1.88 bits per heavy atom. The summed E-state index contributed by atoms with van der Waals surface area (Å²) >= 11 is 5.75. The van der Waals surface area contributed by atoms with Gasteiger partial charge in [0.05, 0.1) is 5.56 Å². The molecule has 6 nitrogen and oxygen atoms in total. The lowest BCUT2D eigenvalue weighted by atomic mass is 10.1. The second kappa shape index (κ2) is 5.95. The number of anilines is 1. The van der Waals surface area contributed by atoms with E-state index in [-0.39, 0.29) is 19.0 Å². The van der Waals surface area contributed by atoms with Crippen molar-refractivity contribution >= 4 is 29.2 Å². The highest BCUT2D eigenvalue weighted by Gasteiger charge is 2.09. The number of carbonyl (C=O) groups excluding carboxylic acids is 2. The van der Waals surface area contributed by atoms with Crippen molar-refractivity contribution in [2.45, 2.75) is 0 Å². The fraction of sp³-hybridized carbons (Fsp3) is 0.200. The molecule has 0 heterocycles. The van der Waals surface area contributed by atoms with Gasteiger partial charge >= 0.3 is 6.03 Å². The number of nitrogen functional groups attached to an aromatic ring is 1. The van der Waals surface area contributed by atoms with E-state index in [0.29, 0.717) is 16.3 Å². The molecule has 0 aliphatic carbocycles. The molecule has 0 aliphatic heterocycles. The zero-order valence-electron chi connectivity index (χ0n) is 9.00. The normalized spacial score (nSPS) is 9.71. The number of carbonyl (C=O) groups is 2. The smallest absolute Gasteiger partial charge is 0.312 e. The summed E-state index contributed by atoms with van der Waals surface area (Å²) in [7, 11) is 0. The van der Waals surface area contributed by atoms with Crippen LogP contribution in [-0.4, -0.2) is 25.0 Å². The van der Waals surface area contributed by atoms with Crippen molar-refractivity contribution < 1.29 is 9.59 Å². The van der Waals surface area contributed by atoms with Crippen LogP contribution in [0, 0.1) is 0 Å². The molecule has 0 unspecified atom stereocenters. The lowest BCUT2D eigenvalue weighted by Crippen LogP contribution is -2.37. The summed E-state index contributed by atoms with van der Waals surface area (Å²) in [6, 6.07) is 4.00. The fourth-order valence-electron chi connectivity index (χ4n) is 1.18. The van der Waals surface area contributed by atoms with E-state index in [2.05, 4.69) is 10.6 Å². The lowest BCUT2D eigenvalue weighted by Gasteiger charge is -2.08. The Morgan fingerprint density at radius 3 is 2.53 bits per heavy atom. The number of amides is 3. The van der Waals surface area contributed by atoms with Crippen LogP contribution in [0.1, 0.15) is 10.4 Å². The van der Waals surface area contributed by atoms with Gasteiger partial charge in [-0.3, -0.25) is 4.79 Å². The average molecular weight is 257 g/mol. The van der Waals surface area contributed by atoms with E-state index >= 15 is 0 Å². The van der Waals surface area contributed by atoms with Gasteiger partial charge in [-0.25, -0.2) is 4.79 Å². The third kappa shape index (κ3) is 4.20. The maximum atomic E-state index is 11.7. The lowest BCUT2D eigenvalue weighted by molar-refractivity contribution is 0.0955. The molecule has 0 aliphatic rings. The van der Waals surface area contributed by atoms with Crippen LogP contribution in [0.3, 0.4) is 0 Å². The van der Waals surface area contributed by atoms with E-state index in [1.165, 1.54) is 6.07 Å². The molecule has 1 aromatic rings. The first-order chi connectivity index (χ1) is 8.00. The number of halogens is 1. The van der Waals surface area contributed by atoms with Gasteiger partial charge in [-0.05, 0) is 18.2 Å². The largest absolute Gasteiger partial charge is 0.398 e. The van der Waals surface area contributed by atoms with E-state index in [4.69, 9.17) is 23.1 Å². The van der Waals surface area contributed by atoms with Crippen molar-refractivity contribution in [1.82, 2.24) is 10.6 Å². The van der Waals surface area contributed by atoms with Crippen molar-refractivity contribution in [2.24, 2.45) is 5.73 Å². The number of nitrogens with two attached hydrogens (primary N) is 2. The molecule has 3 amide bonds. The van der Waals surface area contributed by atoms with Crippen LogP contribution < -0.4 is 22.1 Å². The van der Waals surface area contributed by atoms with Gasteiger partial charge in [0.15, 0.2) is 0 Å². The van der Waals surface area contributed by atoms with Crippen LogP contribution in [0.15, 0.2) is 18.2 Å². The van der Waals surface area contributed by atoms with Gasteiger partial charge in [0.25, 0.3) is 5.91 Å². The fourth-order valence-corrected chi connectivity index (χ4v) is 1.35. The number of primary amides is 1. The Bertz CT molecular complexity index is 436. The minimum atomic E-state index is -0.637. The second-order valence-corrected chi connectivity index (χ2v) is 3.71. The molecular formula is C10H13ClN4O2. The van der Waals surface area contributed by atoms with E-state index in [0.717, 1.165) is 0 Å². The van der Waals surface area contributed by atoms with E-state index in [1.54, 1.807) is 12.1 Å². The standard InChI is InChI=1S/C10H13ClN4O2/c11-6-1-2-8(12)7(5-6)9(16)14-3-4-15-10(13)17/h1-2,5H,3-4,12H2,(H,14,16)(H3,13,15,17). The topological polar surface area (TPSA) is 110 Å². The predicted octanol–water partition coefficient (Wildman–Crippen LogP) is 0.320. The summed E-state index contributed by atoms with van der Waals surface area (Å²) in [5.74, 6) is -0.351. The van der Waals surface area contributed by atoms with Gasteiger partial charge in [0, 0.05) is 23.8 Å². The number of benzene rings is 1. The molecule has 0 aromatic heterocycles. The average Bonchev–Trinajstić information content (AvgIpc) is 2.27. The van der Waals surface area contributed by atoms with Crippen LogP contribution in [0.4, 0.5) is 10.5 Å². The van der Waals surface area contributed by atoms with Crippen molar-refractivity contribution in [1.29, 1.82) is 0 Å². The maximum absolute atomic E-state index is 11.7.